The predicted octanol–water partition coefficient (Wildman–Crippen LogP) is 6.46. The summed E-state index contributed by atoms with van der Waals surface area (Å²) in [5.41, 5.74) is 8.51. The van der Waals surface area contributed by atoms with Gasteiger partial charge in [-0.2, -0.15) is 0 Å². The Bertz CT molecular complexity index is 904. The normalized spacial score (nSPS) is 18.3. The van der Waals surface area contributed by atoms with Crippen LogP contribution in [0.2, 0.25) is 0 Å². The number of aromatic amines is 1. The van der Waals surface area contributed by atoms with Gasteiger partial charge in [0.05, 0.1) is 0 Å². The Labute approximate surface area is 163 Å². The average Bonchev–Trinajstić information content (AvgIpc) is 3.17. The van der Waals surface area contributed by atoms with Crippen LogP contribution in [0.25, 0.3) is 10.9 Å². The van der Waals surface area contributed by atoms with Crippen molar-refractivity contribution in [1.82, 2.24) is 9.88 Å². The van der Waals surface area contributed by atoms with Gasteiger partial charge >= 0.3 is 0 Å². The SMILES string of the molecule is CCCc1ccc(C2CCCCN2Cc2c(C)cc(C)c3[nH]ccc23)cc1. The Morgan fingerprint density at radius 2 is 1.85 bits per heavy atom. The van der Waals surface area contributed by atoms with Gasteiger partial charge in [0.1, 0.15) is 0 Å². The lowest BCUT2D eigenvalue weighted by atomic mass is 9.92. The van der Waals surface area contributed by atoms with E-state index in [2.05, 4.69) is 73.3 Å². The molecule has 1 atom stereocenters. The molecule has 1 fully saturated rings. The molecule has 0 aliphatic carbocycles. The first-order valence-electron chi connectivity index (χ1n) is 10.6. The summed E-state index contributed by atoms with van der Waals surface area (Å²) in [6.45, 7) is 8.97. The first kappa shape index (κ1) is 18.3. The van der Waals surface area contributed by atoms with E-state index in [-0.39, 0.29) is 0 Å². The predicted molar refractivity (Wildman–Crippen MR) is 115 cm³/mol. The van der Waals surface area contributed by atoms with E-state index in [1.54, 1.807) is 0 Å². The van der Waals surface area contributed by atoms with Gasteiger partial charge in [-0.1, -0.05) is 50.1 Å². The Morgan fingerprint density at radius 1 is 1.04 bits per heavy atom. The van der Waals surface area contributed by atoms with E-state index in [1.165, 1.54) is 77.4 Å². The summed E-state index contributed by atoms with van der Waals surface area (Å²) in [4.78, 5) is 6.15. The molecule has 1 saturated heterocycles. The number of hydrogen-bond acceptors (Lipinski definition) is 1. The third-order valence-electron chi connectivity index (χ3n) is 6.25. The van der Waals surface area contributed by atoms with Gasteiger partial charge < -0.3 is 4.98 Å². The van der Waals surface area contributed by atoms with Crippen LogP contribution < -0.4 is 0 Å². The molecule has 0 amide bonds. The molecule has 1 unspecified atom stereocenters. The van der Waals surface area contributed by atoms with Crippen molar-refractivity contribution in [3.05, 3.63) is 70.4 Å². The smallest absolute Gasteiger partial charge is 0.0487 e. The number of rotatable bonds is 5. The minimum Gasteiger partial charge on any atom is -0.361 e. The standard InChI is InChI=1S/C25H32N2/c1-4-7-20-9-11-21(12-10-20)24-8-5-6-15-27(24)17-23-18(2)16-19(3)25-22(23)13-14-26-25/h9-14,16,24,26H,4-8,15,17H2,1-3H3. The number of nitrogens with zero attached hydrogens (tertiary/aromatic N) is 1. The molecular formula is C25H32N2. The maximum atomic E-state index is 3.44. The number of aryl methyl sites for hydroxylation is 3. The molecule has 27 heavy (non-hydrogen) atoms. The molecule has 0 saturated carbocycles. The summed E-state index contributed by atoms with van der Waals surface area (Å²) in [6.07, 6.45) is 8.40. The van der Waals surface area contributed by atoms with E-state index >= 15 is 0 Å². The van der Waals surface area contributed by atoms with Crippen LogP contribution in [0.3, 0.4) is 0 Å². The molecule has 0 radical (unpaired) electrons. The summed E-state index contributed by atoms with van der Waals surface area (Å²) in [5.74, 6) is 0. The van der Waals surface area contributed by atoms with Gasteiger partial charge in [-0.05, 0) is 73.5 Å². The highest BCUT2D eigenvalue weighted by molar-refractivity contribution is 5.86. The third-order valence-corrected chi connectivity index (χ3v) is 6.25. The maximum Gasteiger partial charge on any atom is 0.0487 e. The molecule has 0 spiro atoms. The van der Waals surface area contributed by atoms with Crippen molar-refractivity contribution in [3.8, 4) is 0 Å². The van der Waals surface area contributed by atoms with E-state index in [4.69, 9.17) is 0 Å². The van der Waals surface area contributed by atoms with E-state index < -0.39 is 0 Å². The molecule has 1 aliphatic heterocycles. The first-order chi connectivity index (χ1) is 13.2. The summed E-state index contributed by atoms with van der Waals surface area (Å²) in [6, 6.07) is 14.6. The van der Waals surface area contributed by atoms with Crippen LogP contribution in [0, 0.1) is 13.8 Å². The summed E-state index contributed by atoms with van der Waals surface area (Å²) in [5, 5.41) is 1.40. The second-order valence-electron chi connectivity index (χ2n) is 8.23. The van der Waals surface area contributed by atoms with Crippen molar-refractivity contribution in [2.24, 2.45) is 0 Å². The quantitative estimate of drug-likeness (QED) is 0.553. The molecule has 142 valence electrons. The van der Waals surface area contributed by atoms with Crippen molar-refractivity contribution in [2.75, 3.05) is 6.54 Å². The van der Waals surface area contributed by atoms with Crippen LogP contribution in [0.15, 0.2) is 42.6 Å². The lowest BCUT2D eigenvalue weighted by Crippen LogP contribution is -2.33. The lowest BCUT2D eigenvalue weighted by molar-refractivity contribution is 0.141. The number of nitrogens with one attached hydrogen (secondary N) is 1. The average molecular weight is 361 g/mol. The number of likely N-dealkylation sites (tertiary alicyclic amines) is 1. The van der Waals surface area contributed by atoms with Gasteiger partial charge in [-0.3, -0.25) is 4.90 Å². The van der Waals surface area contributed by atoms with Crippen molar-refractivity contribution in [2.45, 2.75) is 65.5 Å². The minimum absolute atomic E-state index is 0.545. The summed E-state index contributed by atoms with van der Waals surface area (Å²) >= 11 is 0. The minimum atomic E-state index is 0.545. The number of fused-ring (bicyclic) bond motifs is 1. The zero-order chi connectivity index (χ0) is 18.8. The zero-order valence-electron chi connectivity index (χ0n) is 17.0. The number of H-pyrrole nitrogens is 1. The van der Waals surface area contributed by atoms with Crippen LogP contribution in [-0.4, -0.2) is 16.4 Å². The van der Waals surface area contributed by atoms with Crippen LogP contribution in [0.1, 0.15) is 66.5 Å². The second kappa shape index (κ2) is 7.90. The van der Waals surface area contributed by atoms with Crippen molar-refractivity contribution < 1.29 is 0 Å². The van der Waals surface area contributed by atoms with Crippen LogP contribution in [-0.2, 0) is 13.0 Å². The number of hydrogen-bond donors (Lipinski definition) is 1. The summed E-state index contributed by atoms with van der Waals surface area (Å²) in [7, 11) is 0. The van der Waals surface area contributed by atoms with E-state index in [1.807, 2.05) is 0 Å². The fraction of sp³-hybridized carbons (Fsp3) is 0.440. The Balaban J connectivity index is 1.63. The van der Waals surface area contributed by atoms with Crippen LogP contribution in [0.5, 0.6) is 0 Å². The number of benzene rings is 2. The molecule has 2 aromatic carbocycles. The highest BCUT2D eigenvalue weighted by Crippen LogP contribution is 2.34. The fourth-order valence-electron chi connectivity index (χ4n) is 4.81. The van der Waals surface area contributed by atoms with Gasteiger partial charge in [0.25, 0.3) is 0 Å². The molecule has 1 N–H and O–H groups in total. The highest BCUT2D eigenvalue weighted by atomic mass is 15.2. The van der Waals surface area contributed by atoms with Crippen molar-refractivity contribution in [1.29, 1.82) is 0 Å². The molecule has 2 heteroatoms. The molecule has 1 aromatic heterocycles. The van der Waals surface area contributed by atoms with Crippen LogP contribution >= 0.6 is 0 Å². The highest BCUT2D eigenvalue weighted by Gasteiger charge is 2.25. The topological polar surface area (TPSA) is 19.0 Å². The largest absolute Gasteiger partial charge is 0.361 e. The zero-order valence-corrected chi connectivity index (χ0v) is 17.0. The van der Waals surface area contributed by atoms with Gasteiger partial charge in [-0.25, -0.2) is 0 Å². The molecule has 2 heterocycles. The lowest BCUT2D eigenvalue weighted by Gasteiger charge is -2.36. The van der Waals surface area contributed by atoms with E-state index in [0.717, 1.165) is 6.54 Å². The summed E-state index contributed by atoms with van der Waals surface area (Å²) < 4.78 is 0. The van der Waals surface area contributed by atoms with Gasteiger partial charge in [0.15, 0.2) is 0 Å². The number of piperidine rings is 1. The fourth-order valence-corrected chi connectivity index (χ4v) is 4.81. The van der Waals surface area contributed by atoms with E-state index in [9.17, 15) is 0 Å². The monoisotopic (exact) mass is 360 g/mol. The second-order valence-corrected chi connectivity index (χ2v) is 8.23. The third kappa shape index (κ3) is 3.68. The Morgan fingerprint density at radius 3 is 2.63 bits per heavy atom. The van der Waals surface area contributed by atoms with Crippen molar-refractivity contribution >= 4 is 10.9 Å². The molecule has 3 aromatic rings. The van der Waals surface area contributed by atoms with Gasteiger partial charge in [-0.15, -0.1) is 0 Å². The van der Waals surface area contributed by atoms with Gasteiger partial charge in [0.2, 0.25) is 0 Å². The number of aromatic nitrogens is 1. The first-order valence-corrected chi connectivity index (χ1v) is 10.6. The van der Waals surface area contributed by atoms with Gasteiger partial charge in [0, 0.05) is 29.7 Å². The van der Waals surface area contributed by atoms with E-state index in [0.29, 0.717) is 6.04 Å². The molecule has 2 nitrogen and oxygen atoms in total. The molecule has 0 bridgehead atoms. The Kier molecular flexibility index (Phi) is 5.36. The van der Waals surface area contributed by atoms with Crippen LogP contribution in [0.4, 0.5) is 0 Å². The molecule has 4 rings (SSSR count). The van der Waals surface area contributed by atoms with Crippen molar-refractivity contribution in [3.63, 3.8) is 0 Å². The Hall–Kier alpha value is -2.06. The maximum absolute atomic E-state index is 3.44. The molecule has 1 aliphatic rings. The molecular weight excluding hydrogens is 328 g/mol.